The number of hydrogen-bond acceptors (Lipinski definition) is 7. The van der Waals surface area contributed by atoms with Crippen molar-refractivity contribution in [1.29, 1.82) is 0 Å². The highest BCUT2D eigenvalue weighted by molar-refractivity contribution is 6.31. The van der Waals surface area contributed by atoms with E-state index in [2.05, 4.69) is 0 Å². The molecule has 1 heterocycles. The molecular weight excluding hydrogens is 328 g/mol. The zero-order valence-electron chi connectivity index (χ0n) is 12.8. The van der Waals surface area contributed by atoms with Crippen LogP contribution in [0.3, 0.4) is 0 Å². The summed E-state index contributed by atoms with van der Waals surface area (Å²) >= 11 is 0. The van der Waals surface area contributed by atoms with Crippen LogP contribution >= 0.6 is 0 Å². The molecule has 0 radical (unpaired) electrons. The summed E-state index contributed by atoms with van der Waals surface area (Å²) in [4.78, 5) is 37.5. The molecule has 3 N–H and O–H groups in total. The number of phenolic OH excluding ortho intramolecular Hbond substituents is 3. The van der Waals surface area contributed by atoms with Crippen LogP contribution in [0, 0.1) is 6.92 Å². The molecule has 0 saturated heterocycles. The van der Waals surface area contributed by atoms with Crippen LogP contribution in [0.5, 0.6) is 17.2 Å². The molecular formula is C18H10O7. The summed E-state index contributed by atoms with van der Waals surface area (Å²) in [5.74, 6) is -2.82. The summed E-state index contributed by atoms with van der Waals surface area (Å²) in [5, 5.41) is 30.0. The van der Waals surface area contributed by atoms with Crippen LogP contribution in [0.15, 0.2) is 33.5 Å². The lowest BCUT2D eigenvalue weighted by Crippen LogP contribution is -2.22. The number of carbonyl (C=O) groups excluding carboxylic acids is 2. The number of fused-ring (bicyclic) bond motifs is 3. The molecule has 1 aliphatic rings. The second kappa shape index (κ2) is 4.70. The molecule has 0 atom stereocenters. The summed E-state index contributed by atoms with van der Waals surface area (Å²) in [6.07, 6.45) is 0. The molecule has 0 spiro atoms. The Hall–Kier alpha value is -3.61. The smallest absolute Gasteiger partial charge is 0.347 e. The van der Waals surface area contributed by atoms with Crippen molar-refractivity contribution >= 4 is 22.3 Å². The number of hydrogen-bond donors (Lipinski definition) is 3. The summed E-state index contributed by atoms with van der Waals surface area (Å²) in [7, 11) is 0. The lowest BCUT2D eigenvalue weighted by Gasteiger charge is -2.20. The standard InChI is InChI=1S/C18H10O7/c1-6-2-7-3-9-14(16(22)12(7)18(24)25-6)17(23)13-10(15(9)21)4-8(19)5-11(13)20/h2-5,19-20,22H,1H3. The van der Waals surface area contributed by atoms with Gasteiger partial charge in [0.1, 0.15) is 28.4 Å². The first-order chi connectivity index (χ1) is 11.8. The lowest BCUT2D eigenvalue weighted by atomic mass is 9.81. The predicted octanol–water partition coefficient (Wildman–Crippen LogP) is 1.99. The van der Waals surface area contributed by atoms with Gasteiger partial charge in [-0.2, -0.15) is 0 Å². The van der Waals surface area contributed by atoms with Crippen LogP contribution < -0.4 is 5.63 Å². The molecule has 7 nitrogen and oxygen atoms in total. The Balaban J connectivity index is 2.16. The normalized spacial score (nSPS) is 13.0. The van der Waals surface area contributed by atoms with Crippen LogP contribution in [0.2, 0.25) is 0 Å². The maximum Gasteiger partial charge on any atom is 0.347 e. The molecule has 0 saturated carbocycles. The number of phenols is 3. The van der Waals surface area contributed by atoms with E-state index in [0.29, 0.717) is 0 Å². The summed E-state index contributed by atoms with van der Waals surface area (Å²) in [6.45, 7) is 1.54. The zero-order chi connectivity index (χ0) is 18.0. The third-order valence-corrected chi connectivity index (χ3v) is 4.19. The summed E-state index contributed by atoms with van der Waals surface area (Å²) in [5.41, 5.74) is -1.83. The van der Waals surface area contributed by atoms with E-state index < -0.39 is 28.7 Å². The lowest BCUT2D eigenvalue weighted by molar-refractivity contribution is 0.0974. The van der Waals surface area contributed by atoms with Gasteiger partial charge >= 0.3 is 5.63 Å². The average Bonchev–Trinajstić information content (AvgIpc) is 2.50. The Morgan fingerprint density at radius 3 is 2.24 bits per heavy atom. The van der Waals surface area contributed by atoms with Gasteiger partial charge in [-0.25, -0.2) is 4.79 Å². The zero-order valence-corrected chi connectivity index (χ0v) is 12.8. The number of aryl methyl sites for hydroxylation is 1. The van der Waals surface area contributed by atoms with Crippen LogP contribution in [0.25, 0.3) is 10.8 Å². The largest absolute Gasteiger partial charge is 0.508 e. The summed E-state index contributed by atoms with van der Waals surface area (Å²) < 4.78 is 4.94. The minimum Gasteiger partial charge on any atom is -0.508 e. The minimum atomic E-state index is -0.837. The highest BCUT2D eigenvalue weighted by Gasteiger charge is 2.36. The molecule has 3 aromatic rings. The van der Waals surface area contributed by atoms with Crippen molar-refractivity contribution in [3.8, 4) is 17.2 Å². The topological polar surface area (TPSA) is 125 Å². The van der Waals surface area contributed by atoms with Gasteiger partial charge in [-0.05, 0) is 30.5 Å². The molecule has 4 rings (SSSR count). The van der Waals surface area contributed by atoms with Gasteiger partial charge in [0.05, 0.1) is 11.1 Å². The maximum absolute atomic E-state index is 12.7. The van der Waals surface area contributed by atoms with Crippen molar-refractivity contribution in [1.82, 2.24) is 0 Å². The van der Waals surface area contributed by atoms with E-state index in [4.69, 9.17) is 4.42 Å². The van der Waals surface area contributed by atoms with Gasteiger partial charge in [0.2, 0.25) is 5.78 Å². The third-order valence-electron chi connectivity index (χ3n) is 4.19. The number of aromatic hydroxyl groups is 3. The van der Waals surface area contributed by atoms with E-state index in [9.17, 15) is 29.7 Å². The molecule has 2 aromatic carbocycles. The fourth-order valence-electron chi connectivity index (χ4n) is 3.17. The van der Waals surface area contributed by atoms with Gasteiger partial charge in [-0.1, -0.05) is 0 Å². The second-order valence-electron chi connectivity index (χ2n) is 5.80. The van der Waals surface area contributed by atoms with Gasteiger partial charge in [-0.15, -0.1) is 0 Å². The molecule has 0 fully saturated rings. The van der Waals surface area contributed by atoms with Gasteiger partial charge < -0.3 is 19.7 Å². The van der Waals surface area contributed by atoms with Crippen LogP contribution in [0.4, 0.5) is 0 Å². The number of ketones is 2. The number of rotatable bonds is 0. The fourth-order valence-corrected chi connectivity index (χ4v) is 3.17. The Morgan fingerprint density at radius 1 is 0.840 bits per heavy atom. The number of carbonyl (C=O) groups is 2. The van der Waals surface area contributed by atoms with E-state index in [0.717, 1.165) is 12.1 Å². The highest BCUT2D eigenvalue weighted by atomic mass is 16.4. The Bertz CT molecular complexity index is 1180. The number of benzene rings is 2. The van der Waals surface area contributed by atoms with Crippen molar-refractivity contribution in [2.75, 3.05) is 0 Å². The minimum absolute atomic E-state index is 0.113. The first kappa shape index (κ1) is 14.9. The van der Waals surface area contributed by atoms with Crippen LogP contribution in [-0.4, -0.2) is 26.9 Å². The Kier molecular flexibility index (Phi) is 2.81. The Labute approximate surface area is 139 Å². The SMILES string of the molecule is Cc1cc2cc3c(c(O)c2c(=O)o1)C(=O)c1c(O)cc(O)cc1C3=O. The van der Waals surface area contributed by atoms with E-state index >= 15 is 0 Å². The van der Waals surface area contributed by atoms with Gasteiger partial charge in [0.25, 0.3) is 0 Å². The molecule has 0 bridgehead atoms. The first-order valence-corrected chi connectivity index (χ1v) is 7.25. The molecule has 0 unspecified atom stereocenters. The molecule has 1 aromatic heterocycles. The van der Waals surface area contributed by atoms with Crippen molar-refractivity contribution in [3.63, 3.8) is 0 Å². The summed E-state index contributed by atoms with van der Waals surface area (Å²) in [6, 6.07) is 4.78. The monoisotopic (exact) mass is 338 g/mol. The molecule has 25 heavy (non-hydrogen) atoms. The van der Waals surface area contributed by atoms with Gasteiger partial charge in [0, 0.05) is 17.2 Å². The van der Waals surface area contributed by atoms with Crippen molar-refractivity contribution in [2.45, 2.75) is 6.92 Å². The fraction of sp³-hybridized carbons (Fsp3) is 0.0556. The van der Waals surface area contributed by atoms with E-state index in [1.807, 2.05) is 0 Å². The maximum atomic E-state index is 12.7. The van der Waals surface area contributed by atoms with Crippen molar-refractivity contribution in [3.05, 3.63) is 62.7 Å². The van der Waals surface area contributed by atoms with E-state index in [-0.39, 0.29) is 44.5 Å². The first-order valence-electron chi connectivity index (χ1n) is 7.25. The third kappa shape index (κ3) is 1.89. The van der Waals surface area contributed by atoms with E-state index in [1.54, 1.807) is 0 Å². The van der Waals surface area contributed by atoms with Gasteiger partial charge in [-0.3, -0.25) is 9.59 Å². The van der Waals surface area contributed by atoms with Crippen molar-refractivity contribution < 1.29 is 29.3 Å². The average molecular weight is 338 g/mol. The van der Waals surface area contributed by atoms with Crippen LogP contribution in [0.1, 0.15) is 37.6 Å². The quantitative estimate of drug-likeness (QED) is 0.448. The predicted molar refractivity (Wildman–Crippen MR) is 85.5 cm³/mol. The Morgan fingerprint density at radius 2 is 1.52 bits per heavy atom. The van der Waals surface area contributed by atoms with Crippen molar-refractivity contribution in [2.24, 2.45) is 0 Å². The molecule has 124 valence electrons. The molecule has 0 amide bonds. The van der Waals surface area contributed by atoms with Gasteiger partial charge in [0.15, 0.2) is 5.78 Å². The second-order valence-corrected chi connectivity index (χ2v) is 5.80. The molecule has 7 heteroatoms. The molecule has 0 aliphatic heterocycles. The molecule has 1 aliphatic carbocycles. The van der Waals surface area contributed by atoms with Crippen LogP contribution in [-0.2, 0) is 0 Å². The van der Waals surface area contributed by atoms with E-state index in [1.165, 1.54) is 19.1 Å². The highest BCUT2D eigenvalue weighted by Crippen LogP contribution is 2.41.